The van der Waals surface area contributed by atoms with Crippen LogP contribution in [0, 0.1) is 5.92 Å². The van der Waals surface area contributed by atoms with Crippen molar-refractivity contribution in [1.82, 2.24) is 5.43 Å². The maximum atomic E-state index is 5.71. The monoisotopic (exact) mass is 260 g/mol. The van der Waals surface area contributed by atoms with E-state index in [1.807, 2.05) is 11.3 Å². The summed E-state index contributed by atoms with van der Waals surface area (Å²) < 4.78 is 1.38. The first-order valence-corrected chi connectivity index (χ1v) is 7.66. The van der Waals surface area contributed by atoms with E-state index in [1.165, 1.54) is 41.3 Å². The SMILES string of the molecule is NNC(Cc1csc2ccccc12)CC1CCC1. The van der Waals surface area contributed by atoms with Gasteiger partial charge in [0.1, 0.15) is 0 Å². The van der Waals surface area contributed by atoms with Crippen molar-refractivity contribution >= 4 is 21.4 Å². The van der Waals surface area contributed by atoms with E-state index >= 15 is 0 Å². The van der Waals surface area contributed by atoms with Crippen LogP contribution >= 0.6 is 11.3 Å². The Morgan fingerprint density at radius 2 is 2.17 bits per heavy atom. The Morgan fingerprint density at radius 1 is 1.33 bits per heavy atom. The molecule has 0 amide bonds. The van der Waals surface area contributed by atoms with Crippen molar-refractivity contribution < 1.29 is 0 Å². The summed E-state index contributed by atoms with van der Waals surface area (Å²) in [6.45, 7) is 0. The van der Waals surface area contributed by atoms with Crippen molar-refractivity contribution in [3.63, 3.8) is 0 Å². The van der Waals surface area contributed by atoms with Gasteiger partial charge in [-0.3, -0.25) is 11.3 Å². The molecule has 2 nitrogen and oxygen atoms in total. The molecule has 1 aromatic carbocycles. The molecule has 3 heteroatoms. The van der Waals surface area contributed by atoms with Gasteiger partial charge in [-0.15, -0.1) is 11.3 Å². The molecule has 1 aliphatic rings. The number of nitrogens with two attached hydrogens (primary N) is 1. The van der Waals surface area contributed by atoms with Crippen LogP contribution in [0.25, 0.3) is 10.1 Å². The second-order valence-electron chi connectivity index (χ2n) is 5.36. The molecule has 0 radical (unpaired) electrons. The highest BCUT2D eigenvalue weighted by molar-refractivity contribution is 7.17. The molecule has 0 saturated heterocycles. The van der Waals surface area contributed by atoms with E-state index in [1.54, 1.807) is 0 Å². The summed E-state index contributed by atoms with van der Waals surface area (Å²) >= 11 is 1.84. The van der Waals surface area contributed by atoms with Crippen LogP contribution in [-0.4, -0.2) is 6.04 Å². The molecule has 1 aromatic heterocycles. The average molecular weight is 260 g/mol. The lowest BCUT2D eigenvalue weighted by Gasteiger charge is -2.29. The zero-order valence-corrected chi connectivity index (χ0v) is 11.4. The molecule has 1 atom stereocenters. The number of fused-ring (bicyclic) bond motifs is 1. The molecule has 96 valence electrons. The highest BCUT2D eigenvalue weighted by Gasteiger charge is 2.22. The minimum atomic E-state index is 0.424. The second kappa shape index (κ2) is 5.39. The lowest BCUT2D eigenvalue weighted by Crippen LogP contribution is -2.39. The number of nitrogens with one attached hydrogen (secondary N) is 1. The highest BCUT2D eigenvalue weighted by Crippen LogP contribution is 2.32. The Hall–Kier alpha value is -0.900. The van der Waals surface area contributed by atoms with Gasteiger partial charge in [0, 0.05) is 10.7 Å². The van der Waals surface area contributed by atoms with Gasteiger partial charge in [-0.2, -0.15) is 0 Å². The zero-order valence-electron chi connectivity index (χ0n) is 10.6. The van der Waals surface area contributed by atoms with Gasteiger partial charge >= 0.3 is 0 Å². The summed E-state index contributed by atoms with van der Waals surface area (Å²) in [6.07, 6.45) is 6.46. The number of thiophene rings is 1. The molecule has 1 fully saturated rings. The summed E-state index contributed by atoms with van der Waals surface area (Å²) in [4.78, 5) is 0. The maximum Gasteiger partial charge on any atom is 0.0345 e. The molecule has 18 heavy (non-hydrogen) atoms. The highest BCUT2D eigenvalue weighted by atomic mass is 32.1. The van der Waals surface area contributed by atoms with E-state index in [-0.39, 0.29) is 0 Å². The quantitative estimate of drug-likeness (QED) is 0.638. The largest absolute Gasteiger partial charge is 0.271 e. The fourth-order valence-corrected chi connectivity index (χ4v) is 3.77. The molecular weight excluding hydrogens is 240 g/mol. The Kier molecular flexibility index (Phi) is 3.64. The van der Waals surface area contributed by atoms with Crippen LogP contribution in [0.4, 0.5) is 0 Å². The molecular formula is C15H20N2S. The predicted molar refractivity (Wildman–Crippen MR) is 78.6 cm³/mol. The molecule has 1 saturated carbocycles. The predicted octanol–water partition coefficient (Wildman–Crippen LogP) is 3.47. The summed E-state index contributed by atoms with van der Waals surface area (Å²) in [5, 5.41) is 3.69. The topological polar surface area (TPSA) is 38.0 Å². The molecule has 2 aromatic rings. The second-order valence-corrected chi connectivity index (χ2v) is 6.27. The van der Waals surface area contributed by atoms with Crippen LogP contribution in [0.1, 0.15) is 31.2 Å². The number of hydrogen-bond acceptors (Lipinski definition) is 3. The van der Waals surface area contributed by atoms with Crippen molar-refractivity contribution in [2.45, 2.75) is 38.1 Å². The maximum absolute atomic E-state index is 5.71. The minimum absolute atomic E-state index is 0.424. The molecule has 1 unspecified atom stereocenters. The molecule has 0 spiro atoms. The first kappa shape index (κ1) is 12.2. The van der Waals surface area contributed by atoms with Crippen molar-refractivity contribution in [2.24, 2.45) is 11.8 Å². The lowest BCUT2D eigenvalue weighted by molar-refractivity contribution is 0.260. The smallest absolute Gasteiger partial charge is 0.0345 e. The molecule has 3 rings (SSSR count). The molecule has 1 heterocycles. The van der Waals surface area contributed by atoms with Gasteiger partial charge in [0.2, 0.25) is 0 Å². The first-order chi connectivity index (χ1) is 8.86. The summed E-state index contributed by atoms with van der Waals surface area (Å²) in [5.41, 5.74) is 4.45. The molecule has 0 bridgehead atoms. The standard InChI is InChI=1S/C15H20N2S/c16-17-13(8-11-4-3-5-11)9-12-10-18-15-7-2-1-6-14(12)15/h1-2,6-7,10-11,13,17H,3-5,8-9,16H2. The van der Waals surface area contributed by atoms with Gasteiger partial charge in [-0.25, -0.2) is 0 Å². The number of hydrogen-bond donors (Lipinski definition) is 2. The van der Waals surface area contributed by atoms with Gasteiger partial charge in [0.05, 0.1) is 0 Å². The van der Waals surface area contributed by atoms with Crippen molar-refractivity contribution in [3.05, 3.63) is 35.2 Å². The van der Waals surface area contributed by atoms with Crippen LogP contribution in [0.15, 0.2) is 29.6 Å². The Morgan fingerprint density at radius 3 is 2.89 bits per heavy atom. The minimum Gasteiger partial charge on any atom is -0.271 e. The van der Waals surface area contributed by atoms with E-state index in [4.69, 9.17) is 5.84 Å². The molecule has 1 aliphatic carbocycles. The average Bonchev–Trinajstić information content (AvgIpc) is 2.75. The third-order valence-corrected chi connectivity index (χ3v) is 5.12. The first-order valence-electron chi connectivity index (χ1n) is 6.78. The van der Waals surface area contributed by atoms with Crippen LogP contribution in [-0.2, 0) is 6.42 Å². The van der Waals surface area contributed by atoms with Gasteiger partial charge in [0.25, 0.3) is 0 Å². The van der Waals surface area contributed by atoms with Crippen LogP contribution < -0.4 is 11.3 Å². The fourth-order valence-electron chi connectivity index (χ4n) is 2.80. The van der Waals surface area contributed by atoms with Crippen molar-refractivity contribution in [3.8, 4) is 0 Å². The van der Waals surface area contributed by atoms with Gasteiger partial charge in [-0.1, -0.05) is 37.5 Å². The molecule has 0 aliphatic heterocycles. The Bertz CT molecular complexity index is 516. The summed E-state index contributed by atoms with van der Waals surface area (Å²) in [6, 6.07) is 9.07. The Labute approximate surface area is 112 Å². The van der Waals surface area contributed by atoms with Crippen molar-refractivity contribution in [1.29, 1.82) is 0 Å². The van der Waals surface area contributed by atoms with Crippen LogP contribution in [0.2, 0.25) is 0 Å². The van der Waals surface area contributed by atoms with E-state index in [0.29, 0.717) is 6.04 Å². The normalized spacial score (nSPS) is 17.8. The number of benzene rings is 1. The van der Waals surface area contributed by atoms with Gasteiger partial charge < -0.3 is 0 Å². The third kappa shape index (κ3) is 2.44. The van der Waals surface area contributed by atoms with Crippen LogP contribution in [0.3, 0.4) is 0 Å². The van der Waals surface area contributed by atoms with Gasteiger partial charge in [-0.05, 0) is 41.2 Å². The summed E-state index contributed by atoms with van der Waals surface area (Å²) in [7, 11) is 0. The fraction of sp³-hybridized carbons (Fsp3) is 0.467. The van der Waals surface area contributed by atoms with Gasteiger partial charge in [0.15, 0.2) is 0 Å². The van der Waals surface area contributed by atoms with E-state index in [0.717, 1.165) is 12.3 Å². The molecule has 3 N–H and O–H groups in total. The summed E-state index contributed by atoms with van der Waals surface area (Å²) in [5.74, 6) is 6.61. The Balaban J connectivity index is 1.73. The number of rotatable bonds is 5. The number of hydrazine groups is 1. The van der Waals surface area contributed by atoms with Crippen LogP contribution in [0.5, 0.6) is 0 Å². The van der Waals surface area contributed by atoms with E-state index in [9.17, 15) is 0 Å². The van der Waals surface area contributed by atoms with E-state index < -0.39 is 0 Å². The van der Waals surface area contributed by atoms with E-state index in [2.05, 4.69) is 35.1 Å². The van der Waals surface area contributed by atoms with Crippen molar-refractivity contribution in [2.75, 3.05) is 0 Å². The third-order valence-electron chi connectivity index (χ3n) is 4.11. The lowest BCUT2D eigenvalue weighted by atomic mass is 9.80. The zero-order chi connectivity index (χ0) is 12.4.